The highest BCUT2D eigenvalue weighted by Gasteiger charge is 2.18. The molecule has 2 rings (SSSR count). The molecule has 98 valence electrons. The zero-order chi connectivity index (χ0) is 12.8. The first-order valence-electron chi connectivity index (χ1n) is 6.08. The van der Waals surface area contributed by atoms with Crippen LogP contribution in [0, 0.1) is 0 Å². The fraction of sp³-hybridized carbons (Fsp3) is 0.462. The zero-order valence-electron chi connectivity index (χ0n) is 10.3. The molecular weight excluding hydrogens is 266 g/mol. The molecule has 1 aliphatic rings. The van der Waals surface area contributed by atoms with Gasteiger partial charge in [-0.15, -0.1) is 23.5 Å². The molecule has 0 spiro atoms. The first-order valence-corrected chi connectivity index (χ1v) is 8.18. The van der Waals surface area contributed by atoms with E-state index in [1.165, 1.54) is 17.1 Å². The van der Waals surface area contributed by atoms with E-state index in [1.54, 1.807) is 0 Å². The minimum atomic E-state index is -0.374. The minimum Gasteiger partial charge on any atom is -0.410 e. The maximum atomic E-state index is 11.5. The Morgan fingerprint density at radius 3 is 2.94 bits per heavy atom. The van der Waals surface area contributed by atoms with Crippen molar-refractivity contribution in [3.8, 4) is 5.75 Å². The van der Waals surface area contributed by atoms with Gasteiger partial charge in [0.05, 0.1) is 4.58 Å². The van der Waals surface area contributed by atoms with Gasteiger partial charge in [-0.1, -0.05) is 19.1 Å². The van der Waals surface area contributed by atoms with Crippen molar-refractivity contribution >= 4 is 29.6 Å². The van der Waals surface area contributed by atoms with Crippen LogP contribution in [0.15, 0.2) is 24.3 Å². The molecule has 5 heteroatoms. The third kappa shape index (κ3) is 3.85. The van der Waals surface area contributed by atoms with Gasteiger partial charge < -0.3 is 10.1 Å². The Balaban J connectivity index is 1.96. The molecule has 0 saturated carbocycles. The number of amides is 1. The van der Waals surface area contributed by atoms with Crippen LogP contribution in [0.5, 0.6) is 5.75 Å². The number of nitrogens with one attached hydrogen (secondary N) is 1. The number of benzene rings is 1. The normalized spacial score (nSPS) is 15.6. The molecule has 1 aromatic rings. The van der Waals surface area contributed by atoms with E-state index in [0.717, 1.165) is 6.42 Å². The quantitative estimate of drug-likeness (QED) is 0.915. The zero-order valence-corrected chi connectivity index (χ0v) is 12.0. The Bertz CT molecular complexity index is 406. The number of carbonyl (C=O) groups excluding carboxylic acids is 1. The van der Waals surface area contributed by atoms with E-state index in [9.17, 15) is 4.79 Å². The second-order valence-electron chi connectivity index (χ2n) is 3.96. The van der Waals surface area contributed by atoms with Gasteiger partial charge in [-0.05, 0) is 24.1 Å². The van der Waals surface area contributed by atoms with E-state index in [4.69, 9.17) is 4.74 Å². The predicted octanol–water partition coefficient (Wildman–Crippen LogP) is 3.66. The van der Waals surface area contributed by atoms with Crippen LogP contribution in [0.25, 0.3) is 0 Å². The highest BCUT2D eigenvalue weighted by molar-refractivity contribution is 8.19. The van der Waals surface area contributed by atoms with Crippen molar-refractivity contribution in [1.82, 2.24) is 5.32 Å². The van der Waals surface area contributed by atoms with Crippen LogP contribution in [0.1, 0.15) is 23.5 Å². The highest BCUT2D eigenvalue weighted by Crippen LogP contribution is 2.45. The molecule has 0 bridgehead atoms. The number of thioether (sulfide) groups is 2. The van der Waals surface area contributed by atoms with Gasteiger partial charge in [0.15, 0.2) is 0 Å². The predicted molar refractivity (Wildman–Crippen MR) is 78.4 cm³/mol. The summed E-state index contributed by atoms with van der Waals surface area (Å²) in [5, 5.41) is 2.70. The molecule has 1 amide bonds. The van der Waals surface area contributed by atoms with E-state index >= 15 is 0 Å². The lowest BCUT2D eigenvalue weighted by Crippen LogP contribution is -2.27. The number of rotatable bonds is 4. The van der Waals surface area contributed by atoms with Crippen molar-refractivity contribution in [3.63, 3.8) is 0 Å². The maximum Gasteiger partial charge on any atom is 0.412 e. The summed E-state index contributed by atoms with van der Waals surface area (Å²) in [7, 11) is 0. The van der Waals surface area contributed by atoms with Gasteiger partial charge in [-0.25, -0.2) is 4.79 Å². The second kappa shape index (κ2) is 6.95. The van der Waals surface area contributed by atoms with Gasteiger partial charge in [0.1, 0.15) is 5.75 Å². The summed E-state index contributed by atoms with van der Waals surface area (Å²) < 4.78 is 5.73. The summed E-state index contributed by atoms with van der Waals surface area (Å²) in [4.78, 5) is 11.5. The number of carbonyl (C=O) groups is 1. The summed E-state index contributed by atoms with van der Waals surface area (Å²) >= 11 is 3.89. The molecule has 1 saturated heterocycles. The van der Waals surface area contributed by atoms with E-state index in [1.807, 2.05) is 48.6 Å². The van der Waals surface area contributed by atoms with Gasteiger partial charge in [-0.3, -0.25) is 0 Å². The Labute approximate surface area is 116 Å². The smallest absolute Gasteiger partial charge is 0.410 e. The molecule has 0 aromatic heterocycles. The molecule has 0 unspecified atom stereocenters. The Kier molecular flexibility index (Phi) is 5.26. The third-order valence-electron chi connectivity index (χ3n) is 2.48. The Hall–Kier alpha value is -0.810. The van der Waals surface area contributed by atoms with Crippen molar-refractivity contribution in [2.75, 3.05) is 18.1 Å². The minimum absolute atomic E-state index is 0.374. The van der Waals surface area contributed by atoms with Crippen molar-refractivity contribution in [3.05, 3.63) is 29.8 Å². The van der Waals surface area contributed by atoms with Crippen LogP contribution < -0.4 is 10.1 Å². The molecule has 1 aromatic carbocycles. The van der Waals surface area contributed by atoms with Gasteiger partial charge in [0.2, 0.25) is 0 Å². The molecule has 3 nitrogen and oxygen atoms in total. The van der Waals surface area contributed by atoms with Gasteiger partial charge in [0, 0.05) is 18.1 Å². The third-order valence-corrected chi connectivity index (χ3v) is 5.59. The van der Waals surface area contributed by atoms with E-state index in [-0.39, 0.29) is 6.09 Å². The van der Waals surface area contributed by atoms with Gasteiger partial charge in [-0.2, -0.15) is 0 Å². The van der Waals surface area contributed by atoms with Gasteiger partial charge >= 0.3 is 6.09 Å². The van der Waals surface area contributed by atoms with Crippen molar-refractivity contribution in [2.45, 2.75) is 17.9 Å². The van der Waals surface area contributed by atoms with E-state index < -0.39 is 0 Å². The summed E-state index contributed by atoms with van der Waals surface area (Å²) in [6.07, 6.45) is 0.533. The average Bonchev–Trinajstić information content (AvgIpc) is 2.90. The number of ether oxygens (including phenoxy) is 1. The van der Waals surface area contributed by atoms with E-state index in [2.05, 4.69) is 11.4 Å². The molecular formula is C13H17NO2S2. The summed E-state index contributed by atoms with van der Waals surface area (Å²) in [5.41, 5.74) is 1.23. The van der Waals surface area contributed by atoms with Crippen LogP contribution in [0.2, 0.25) is 0 Å². The van der Waals surface area contributed by atoms with Crippen LogP contribution in [0.4, 0.5) is 4.79 Å². The molecule has 1 heterocycles. The van der Waals surface area contributed by atoms with E-state index in [0.29, 0.717) is 16.9 Å². The molecule has 1 fully saturated rings. The second-order valence-corrected chi connectivity index (χ2v) is 6.69. The summed E-state index contributed by atoms with van der Waals surface area (Å²) in [6, 6.07) is 7.81. The number of hydrogen-bond donors (Lipinski definition) is 1. The molecule has 1 N–H and O–H groups in total. The number of hydrogen-bond acceptors (Lipinski definition) is 4. The highest BCUT2D eigenvalue weighted by atomic mass is 32.2. The molecule has 0 atom stereocenters. The summed E-state index contributed by atoms with van der Waals surface area (Å²) in [6.45, 7) is 2.66. The maximum absolute atomic E-state index is 11.5. The van der Waals surface area contributed by atoms with Crippen molar-refractivity contribution < 1.29 is 9.53 Å². The average molecular weight is 283 g/mol. The molecule has 0 radical (unpaired) electrons. The van der Waals surface area contributed by atoms with Crippen LogP contribution >= 0.6 is 23.5 Å². The Morgan fingerprint density at radius 2 is 2.22 bits per heavy atom. The lowest BCUT2D eigenvalue weighted by atomic mass is 10.2. The summed E-state index contributed by atoms with van der Waals surface area (Å²) in [5.74, 6) is 3.00. The lowest BCUT2D eigenvalue weighted by Gasteiger charge is -2.10. The fourth-order valence-electron chi connectivity index (χ4n) is 1.65. The fourth-order valence-corrected chi connectivity index (χ4v) is 4.48. The van der Waals surface area contributed by atoms with Crippen LogP contribution in [-0.2, 0) is 0 Å². The van der Waals surface area contributed by atoms with Crippen molar-refractivity contribution in [2.24, 2.45) is 0 Å². The molecule has 1 aliphatic heterocycles. The largest absolute Gasteiger partial charge is 0.412 e. The SMILES string of the molecule is CCCNC(=O)Oc1cccc(C2SCCS2)c1. The monoisotopic (exact) mass is 283 g/mol. The first-order chi connectivity index (χ1) is 8.79. The standard InChI is InChI=1S/C13H17NO2S2/c1-2-6-14-13(15)16-11-5-3-4-10(9-11)12-17-7-8-18-12/h3-5,9,12H,2,6-8H2,1H3,(H,14,15). The topological polar surface area (TPSA) is 38.3 Å². The van der Waals surface area contributed by atoms with Gasteiger partial charge in [0.25, 0.3) is 0 Å². The van der Waals surface area contributed by atoms with Crippen LogP contribution in [-0.4, -0.2) is 24.1 Å². The molecule has 18 heavy (non-hydrogen) atoms. The van der Waals surface area contributed by atoms with Crippen molar-refractivity contribution in [1.29, 1.82) is 0 Å². The molecule has 0 aliphatic carbocycles. The van der Waals surface area contributed by atoms with Crippen LogP contribution in [0.3, 0.4) is 0 Å². The first kappa shape index (κ1) is 13.6. The Morgan fingerprint density at radius 1 is 1.44 bits per heavy atom. The lowest BCUT2D eigenvalue weighted by molar-refractivity contribution is 0.200.